The average molecular weight is 295 g/mol. The molecule has 17 heavy (non-hydrogen) atoms. The van der Waals surface area contributed by atoms with Gasteiger partial charge in [-0.25, -0.2) is 4.98 Å². The number of pyridine rings is 1. The zero-order chi connectivity index (χ0) is 11.8. The zero-order valence-electron chi connectivity index (χ0n) is 10.3. The highest BCUT2D eigenvalue weighted by atomic mass is 79.9. The Labute approximate surface area is 112 Å². The van der Waals surface area contributed by atoms with Crippen LogP contribution in [-0.4, -0.2) is 18.1 Å². The Morgan fingerprint density at radius 3 is 2.35 bits per heavy atom. The largest absolute Gasteiger partial charge is 0.355 e. The number of hydrogen-bond donors (Lipinski definition) is 0. The van der Waals surface area contributed by atoms with Gasteiger partial charge in [-0.2, -0.15) is 0 Å². The predicted octanol–water partition coefficient (Wildman–Crippen LogP) is 3.78. The fourth-order valence-corrected chi connectivity index (χ4v) is 2.70. The van der Waals surface area contributed by atoms with Crippen LogP contribution in [0.3, 0.4) is 0 Å². The van der Waals surface area contributed by atoms with Gasteiger partial charge in [0.2, 0.25) is 0 Å². The number of aromatic nitrogens is 1. The van der Waals surface area contributed by atoms with Crippen molar-refractivity contribution in [1.29, 1.82) is 0 Å². The molecule has 0 atom stereocenters. The van der Waals surface area contributed by atoms with Crippen LogP contribution in [0.1, 0.15) is 31.2 Å². The number of halogens is 1. The summed E-state index contributed by atoms with van der Waals surface area (Å²) in [6.07, 6.45) is 7.56. The van der Waals surface area contributed by atoms with E-state index in [0.717, 1.165) is 17.7 Å². The minimum Gasteiger partial charge on any atom is -0.355 e. The van der Waals surface area contributed by atoms with Crippen LogP contribution in [0.25, 0.3) is 0 Å². The number of aryl methyl sites for hydroxylation is 1. The van der Waals surface area contributed by atoms with Crippen LogP contribution in [0.15, 0.2) is 16.7 Å². The second kappa shape index (κ2) is 4.60. The second-order valence-corrected chi connectivity index (χ2v) is 6.35. The molecule has 3 heteroatoms. The van der Waals surface area contributed by atoms with Gasteiger partial charge in [0.25, 0.3) is 0 Å². The molecule has 0 saturated heterocycles. The van der Waals surface area contributed by atoms with Gasteiger partial charge < -0.3 is 4.90 Å². The Kier molecular flexibility index (Phi) is 3.12. The van der Waals surface area contributed by atoms with E-state index in [0.29, 0.717) is 0 Å². The first-order valence-corrected chi connectivity index (χ1v) is 7.39. The Bertz CT molecular complexity index is 397. The van der Waals surface area contributed by atoms with Crippen molar-refractivity contribution in [3.05, 3.63) is 22.3 Å². The summed E-state index contributed by atoms with van der Waals surface area (Å²) in [5.41, 5.74) is 1.28. The van der Waals surface area contributed by atoms with Gasteiger partial charge in [0.05, 0.1) is 4.47 Å². The van der Waals surface area contributed by atoms with Gasteiger partial charge in [0.1, 0.15) is 5.82 Å². The van der Waals surface area contributed by atoms with Gasteiger partial charge in [0, 0.05) is 19.3 Å². The number of nitrogens with zero attached hydrogens (tertiary/aromatic N) is 2. The van der Waals surface area contributed by atoms with E-state index in [1.54, 1.807) is 0 Å². The number of hydrogen-bond acceptors (Lipinski definition) is 2. The molecule has 2 saturated carbocycles. The lowest BCUT2D eigenvalue weighted by Crippen LogP contribution is -2.29. The summed E-state index contributed by atoms with van der Waals surface area (Å²) in [5.74, 6) is 3.00. The summed E-state index contributed by atoms with van der Waals surface area (Å²) in [6, 6.07) is 2.07. The fraction of sp³-hybridized carbons (Fsp3) is 0.643. The maximum atomic E-state index is 4.58. The summed E-state index contributed by atoms with van der Waals surface area (Å²) in [5, 5.41) is 0. The number of rotatable bonds is 5. The fourth-order valence-electron chi connectivity index (χ4n) is 2.22. The summed E-state index contributed by atoms with van der Waals surface area (Å²) >= 11 is 3.70. The van der Waals surface area contributed by atoms with Gasteiger partial charge >= 0.3 is 0 Å². The lowest BCUT2D eigenvalue weighted by Gasteiger charge is -2.25. The first-order chi connectivity index (χ1) is 8.24. The van der Waals surface area contributed by atoms with Crippen molar-refractivity contribution in [3.63, 3.8) is 0 Å². The van der Waals surface area contributed by atoms with Crippen molar-refractivity contribution in [1.82, 2.24) is 4.98 Å². The molecule has 0 unspecified atom stereocenters. The highest BCUT2D eigenvalue weighted by molar-refractivity contribution is 9.10. The number of anilines is 1. The molecular weight excluding hydrogens is 276 g/mol. The lowest BCUT2D eigenvalue weighted by atomic mass is 10.2. The molecule has 0 bridgehead atoms. The maximum absolute atomic E-state index is 4.58. The van der Waals surface area contributed by atoms with E-state index >= 15 is 0 Å². The quantitative estimate of drug-likeness (QED) is 0.822. The SMILES string of the molecule is Cc1ccnc(N(CC2CC2)CC2CC2)c1Br. The van der Waals surface area contributed by atoms with Gasteiger partial charge in [-0.05, 0) is 72.0 Å². The van der Waals surface area contributed by atoms with Crippen LogP contribution in [0, 0.1) is 18.8 Å². The molecular formula is C14H19BrN2. The molecule has 1 aromatic rings. The van der Waals surface area contributed by atoms with Crippen molar-refractivity contribution >= 4 is 21.7 Å². The van der Waals surface area contributed by atoms with Crippen molar-refractivity contribution in [2.24, 2.45) is 11.8 Å². The van der Waals surface area contributed by atoms with E-state index in [1.807, 2.05) is 6.20 Å². The van der Waals surface area contributed by atoms with Gasteiger partial charge in [-0.15, -0.1) is 0 Å². The van der Waals surface area contributed by atoms with Crippen molar-refractivity contribution in [2.45, 2.75) is 32.6 Å². The Hall–Kier alpha value is -0.570. The maximum Gasteiger partial charge on any atom is 0.143 e. The monoisotopic (exact) mass is 294 g/mol. The summed E-state index contributed by atoms with van der Waals surface area (Å²) < 4.78 is 1.18. The summed E-state index contributed by atoms with van der Waals surface area (Å²) in [7, 11) is 0. The van der Waals surface area contributed by atoms with E-state index in [-0.39, 0.29) is 0 Å². The standard InChI is InChI=1S/C14H19BrN2/c1-10-6-7-16-14(13(10)15)17(8-11-2-3-11)9-12-4-5-12/h6-7,11-12H,2-5,8-9H2,1H3. The van der Waals surface area contributed by atoms with E-state index in [2.05, 4.69) is 38.8 Å². The molecule has 1 heterocycles. The van der Waals surface area contributed by atoms with Crippen LogP contribution in [0.2, 0.25) is 0 Å². The second-order valence-electron chi connectivity index (χ2n) is 5.56. The smallest absolute Gasteiger partial charge is 0.143 e. The first kappa shape index (κ1) is 11.5. The predicted molar refractivity (Wildman–Crippen MR) is 74.3 cm³/mol. The third kappa shape index (κ3) is 2.82. The minimum absolute atomic E-state index is 0.919. The topological polar surface area (TPSA) is 16.1 Å². The Morgan fingerprint density at radius 2 is 1.82 bits per heavy atom. The van der Waals surface area contributed by atoms with Crippen LogP contribution >= 0.6 is 15.9 Å². The van der Waals surface area contributed by atoms with Gasteiger partial charge in [-0.3, -0.25) is 0 Å². The summed E-state index contributed by atoms with van der Waals surface area (Å²) in [4.78, 5) is 7.09. The molecule has 2 aliphatic rings. The van der Waals surface area contributed by atoms with E-state index in [1.165, 1.54) is 48.8 Å². The molecule has 92 valence electrons. The molecule has 3 rings (SSSR count). The molecule has 2 nitrogen and oxygen atoms in total. The van der Waals surface area contributed by atoms with Crippen molar-refractivity contribution < 1.29 is 0 Å². The molecule has 2 fully saturated rings. The van der Waals surface area contributed by atoms with Crippen molar-refractivity contribution in [2.75, 3.05) is 18.0 Å². The Morgan fingerprint density at radius 1 is 1.24 bits per heavy atom. The zero-order valence-corrected chi connectivity index (χ0v) is 11.9. The van der Waals surface area contributed by atoms with Crippen molar-refractivity contribution in [3.8, 4) is 0 Å². The minimum atomic E-state index is 0.919. The highest BCUT2D eigenvalue weighted by Gasteiger charge is 2.30. The first-order valence-electron chi connectivity index (χ1n) is 6.60. The molecule has 1 aromatic heterocycles. The van der Waals surface area contributed by atoms with Crippen LogP contribution in [0.4, 0.5) is 5.82 Å². The average Bonchev–Trinajstić information content (AvgIpc) is 3.16. The van der Waals surface area contributed by atoms with E-state index in [4.69, 9.17) is 0 Å². The van der Waals surface area contributed by atoms with Crippen LogP contribution in [-0.2, 0) is 0 Å². The lowest BCUT2D eigenvalue weighted by molar-refractivity contribution is 0.670. The third-order valence-corrected chi connectivity index (χ3v) is 4.69. The van der Waals surface area contributed by atoms with Crippen LogP contribution in [0.5, 0.6) is 0 Å². The molecule has 0 aromatic carbocycles. The van der Waals surface area contributed by atoms with Gasteiger partial charge in [-0.1, -0.05) is 0 Å². The van der Waals surface area contributed by atoms with E-state index in [9.17, 15) is 0 Å². The highest BCUT2D eigenvalue weighted by Crippen LogP contribution is 2.37. The normalized spacial score (nSPS) is 19.4. The van der Waals surface area contributed by atoms with E-state index < -0.39 is 0 Å². The molecule has 0 spiro atoms. The van der Waals surface area contributed by atoms with Gasteiger partial charge in [0.15, 0.2) is 0 Å². The molecule has 2 aliphatic carbocycles. The molecule has 0 aliphatic heterocycles. The molecule has 0 radical (unpaired) electrons. The summed E-state index contributed by atoms with van der Waals surface area (Å²) in [6.45, 7) is 4.54. The molecule has 0 amide bonds. The molecule has 0 N–H and O–H groups in total. The Balaban J connectivity index is 1.81. The third-order valence-electron chi connectivity index (χ3n) is 3.71. The van der Waals surface area contributed by atoms with Crippen LogP contribution < -0.4 is 4.90 Å².